The average molecular weight is 294 g/mol. The van der Waals surface area contributed by atoms with Crippen molar-refractivity contribution in [1.29, 1.82) is 0 Å². The molecule has 1 aromatic heterocycles. The molecule has 2 aromatic rings. The van der Waals surface area contributed by atoms with Crippen LogP contribution in [0.1, 0.15) is 17.5 Å². The van der Waals surface area contributed by atoms with Gasteiger partial charge in [-0.05, 0) is 18.7 Å². The van der Waals surface area contributed by atoms with Gasteiger partial charge in [-0.25, -0.2) is 0 Å². The van der Waals surface area contributed by atoms with Gasteiger partial charge in [-0.15, -0.1) is 0 Å². The van der Waals surface area contributed by atoms with Crippen molar-refractivity contribution in [2.45, 2.75) is 6.92 Å². The van der Waals surface area contributed by atoms with E-state index in [1.165, 1.54) is 0 Å². The zero-order chi connectivity index (χ0) is 14.4. The molecule has 1 aromatic carbocycles. The van der Waals surface area contributed by atoms with Crippen molar-refractivity contribution in [2.75, 3.05) is 19.6 Å². The first-order valence-corrected chi connectivity index (χ1v) is 6.80. The van der Waals surface area contributed by atoms with Gasteiger partial charge in [0.25, 0.3) is 5.91 Å². The van der Waals surface area contributed by atoms with Crippen molar-refractivity contribution in [3.8, 4) is 11.3 Å². The molecule has 0 bridgehead atoms. The molecule has 20 heavy (non-hydrogen) atoms. The molecule has 2 N–H and O–H groups in total. The lowest BCUT2D eigenvalue weighted by Crippen LogP contribution is -2.31. The molecule has 0 saturated carbocycles. The molecule has 0 atom stereocenters. The van der Waals surface area contributed by atoms with E-state index in [0.717, 1.165) is 18.7 Å². The number of benzene rings is 1. The Hall–Kier alpha value is -1.85. The van der Waals surface area contributed by atoms with Gasteiger partial charge in [-0.3, -0.25) is 4.79 Å². The Morgan fingerprint density at radius 1 is 1.35 bits per heavy atom. The third kappa shape index (κ3) is 3.82. The van der Waals surface area contributed by atoms with Gasteiger partial charge in [0.2, 0.25) is 5.76 Å². The van der Waals surface area contributed by atoms with Gasteiger partial charge in [0.05, 0.1) is 0 Å². The summed E-state index contributed by atoms with van der Waals surface area (Å²) in [5.74, 6) is -0.0832. The van der Waals surface area contributed by atoms with Crippen molar-refractivity contribution in [1.82, 2.24) is 15.8 Å². The number of hydrogen-bond donors (Lipinski definition) is 2. The Labute approximate surface area is 122 Å². The molecule has 106 valence electrons. The second kappa shape index (κ2) is 7.07. The number of carbonyl (C=O) groups is 1. The smallest absolute Gasteiger partial charge is 0.289 e. The van der Waals surface area contributed by atoms with E-state index in [-0.39, 0.29) is 11.7 Å². The number of likely N-dealkylation sites (N-methyl/N-ethyl adjacent to an activating group) is 1. The highest BCUT2D eigenvalue weighted by molar-refractivity contribution is 6.30. The fourth-order valence-corrected chi connectivity index (χ4v) is 1.88. The molecule has 0 aliphatic rings. The lowest BCUT2D eigenvalue weighted by Gasteiger charge is -2.02. The molecule has 6 heteroatoms. The highest BCUT2D eigenvalue weighted by Crippen LogP contribution is 2.22. The van der Waals surface area contributed by atoms with E-state index in [2.05, 4.69) is 15.8 Å². The highest BCUT2D eigenvalue weighted by Gasteiger charge is 2.13. The van der Waals surface area contributed by atoms with E-state index in [9.17, 15) is 4.79 Å². The van der Waals surface area contributed by atoms with Crippen LogP contribution in [0.3, 0.4) is 0 Å². The molecule has 1 heterocycles. The summed E-state index contributed by atoms with van der Waals surface area (Å²) in [5.41, 5.74) is 1.40. The summed E-state index contributed by atoms with van der Waals surface area (Å²) >= 11 is 5.92. The first-order chi connectivity index (χ1) is 9.70. The Bertz CT molecular complexity index is 583. The minimum absolute atomic E-state index is 0.191. The number of rotatable bonds is 6. The van der Waals surface area contributed by atoms with Crippen molar-refractivity contribution in [2.24, 2.45) is 0 Å². The van der Waals surface area contributed by atoms with Crippen LogP contribution in [0.5, 0.6) is 0 Å². The lowest BCUT2D eigenvalue weighted by molar-refractivity contribution is 0.0917. The first kappa shape index (κ1) is 14.6. The Morgan fingerprint density at radius 3 is 2.95 bits per heavy atom. The second-order valence-electron chi connectivity index (χ2n) is 4.20. The fourth-order valence-electron chi connectivity index (χ4n) is 1.69. The van der Waals surface area contributed by atoms with Crippen LogP contribution in [0.15, 0.2) is 34.9 Å². The standard InChI is InChI=1S/C14H16ClN3O2/c1-2-16-6-7-17-14(19)13-9-12(18-20-13)10-4-3-5-11(15)8-10/h3-5,8-9,16H,2,6-7H2,1H3,(H,17,19). The largest absolute Gasteiger partial charge is 0.350 e. The van der Waals surface area contributed by atoms with E-state index in [4.69, 9.17) is 16.1 Å². The molecule has 0 spiro atoms. The Morgan fingerprint density at radius 2 is 2.20 bits per heavy atom. The van der Waals surface area contributed by atoms with Crippen molar-refractivity contribution >= 4 is 17.5 Å². The summed E-state index contributed by atoms with van der Waals surface area (Å²) in [6, 6.07) is 8.83. The van der Waals surface area contributed by atoms with Gasteiger partial charge >= 0.3 is 0 Å². The van der Waals surface area contributed by atoms with Gasteiger partial charge in [-0.2, -0.15) is 0 Å². The number of amides is 1. The third-order valence-corrected chi connectivity index (χ3v) is 2.93. The zero-order valence-electron chi connectivity index (χ0n) is 11.1. The summed E-state index contributed by atoms with van der Waals surface area (Å²) in [6.07, 6.45) is 0. The number of aromatic nitrogens is 1. The first-order valence-electron chi connectivity index (χ1n) is 6.42. The van der Waals surface area contributed by atoms with Crippen LogP contribution >= 0.6 is 11.6 Å². The Kier molecular flexibility index (Phi) is 5.15. The van der Waals surface area contributed by atoms with Gasteiger partial charge < -0.3 is 15.2 Å². The number of carbonyl (C=O) groups excluding carboxylic acids is 1. The van der Waals surface area contributed by atoms with Crippen molar-refractivity contribution < 1.29 is 9.32 Å². The maximum absolute atomic E-state index is 11.8. The Balaban J connectivity index is 2.00. The molecule has 0 aliphatic carbocycles. The van der Waals surface area contributed by atoms with Crippen LogP contribution in [-0.2, 0) is 0 Å². The minimum atomic E-state index is -0.274. The second-order valence-corrected chi connectivity index (χ2v) is 4.63. The predicted molar refractivity (Wildman–Crippen MR) is 77.8 cm³/mol. The molecule has 1 amide bonds. The predicted octanol–water partition coefficient (Wildman–Crippen LogP) is 2.33. The number of hydrogen-bond acceptors (Lipinski definition) is 4. The molecule has 0 radical (unpaired) electrons. The van der Waals surface area contributed by atoms with E-state index in [1.807, 2.05) is 19.1 Å². The lowest BCUT2D eigenvalue weighted by atomic mass is 10.1. The zero-order valence-corrected chi connectivity index (χ0v) is 11.9. The van der Waals surface area contributed by atoms with Crippen LogP contribution in [0.25, 0.3) is 11.3 Å². The normalized spacial score (nSPS) is 10.5. The molecule has 2 rings (SSSR count). The maximum Gasteiger partial charge on any atom is 0.289 e. The monoisotopic (exact) mass is 293 g/mol. The van der Waals surface area contributed by atoms with Gasteiger partial charge in [0, 0.05) is 29.7 Å². The summed E-state index contributed by atoms with van der Waals surface area (Å²) in [4.78, 5) is 11.8. The van der Waals surface area contributed by atoms with E-state index in [1.54, 1.807) is 18.2 Å². The number of nitrogens with one attached hydrogen (secondary N) is 2. The summed E-state index contributed by atoms with van der Waals surface area (Å²) in [6.45, 7) is 4.14. The third-order valence-electron chi connectivity index (χ3n) is 2.69. The fraction of sp³-hybridized carbons (Fsp3) is 0.286. The molecular formula is C14H16ClN3O2. The maximum atomic E-state index is 11.8. The van der Waals surface area contributed by atoms with Crippen molar-refractivity contribution in [3.63, 3.8) is 0 Å². The summed E-state index contributed by atoms with van der Waals surface area (Å²) < 4.78 is 5.05. The average Bonchev–Trinajstić information content (AvgIpc) is 2.93. The number of halogens is 1. The van der Waals surface area contributed by atoms with Crippen LogP contribution in [-0.4, -0.2) is 30.7 Å². The van der Waals surface area contributed by atoms with E-state index >= 15 is 0 Å². The molecule has 0 aliphatic heterocycles. The molecule has 0 saturated heterocycles. The quantitative estimate of drug-likeness (QED) is 0.802. The van der Waals surface area contributed by atoms with E-state index < -0.39 is 0 Å². The molecule has 0 fully saturated rings. The molecule has 0 unspecified atom stereocenters. The van der Waals surface area contributed by atoms with Crippen LogP contribution in [0, 0.1) is 0 Å². The molecular weight excluding hydrogens is 278 g/mol. The van der Waals surface area contributed by atoms with Crippen LogP contribution in [0.4, 0.5) is 0 Å². The molecule has 5 nitrogen and oxygen atoms in total. The number of nitrogens with zero attached hydrogens (tertiary/aromatic N) is 1. The van der Waals surface area contributed by atoms with Crippen LogP contribution in [0.2, 0.25) is 5.02 Å². The SMILES string of the molecule is CCNCCNC(=O)c1cc(-c2cccc(Cl)c2)no1. The van der Waals surface area contributed by atoms with Gasteiger partial charge in [0.15, 0.2) is 0 Å². The van der Waals surface area contributed by atoms with Crippen LogP contribution < -0.4 is 10.6 Å². The summed E-state index contributed by atoms with van der Waals surface area (Å²) in [7, 11) is 0. The summed E-state index contributed by atoms with van der Waals surface area (Å²) in [5, 5.41) is 10.4. The highest BCUT2D eigenvalue weighted by atomic mass is 35.5. The topological polar surface area (TPSA) is 67.2 Å². The van der Waals surface area contributed by atoms with Crippen molar-refractivity contribution in [3.05, 3.63) is 41.1 Å². The minimum Gasteiger partial charge on any atom is -0.350 e. The van der Waals surface area contributed by atoms with Gasteiger partial charge in [0.1, 0.15) is 5.69 Å². The van der Waals surface area contributed by atoms with E-state index in [0.29, 0.717) is 17.3 Å². The van der Waals surface area contributed by atoms with Gasteiger partial charge in [-0.1, -0.05) is 35.8 Å².